The molecule has 0 aromatic heterocycles. The van der Waals surface area contributed by atoms with Crippen molar-refractivity contribution in [2.45, 2.75) is 17.7 Å². The van der Waals surface area contributed by atoms with Gasteiger partial charge in [-0.15, -0.1) is 0 Å². The van der Waals surface area contributed by atoms with Crippen LogP contribution in [0.3, 0.4) is 0 Å². The highest BCUT2D eigenvalue weighted by atomic mass is 35.5. The fourth-order valence-corrected chi connectivity index (χ4v) is 4.00. The van der Waals surface area contributed by atoms with Crippen LogP contribution in [0.2, 0.25) is 5.02 Å². The van der Waals surface area contributed by atoms with Crippen molar-refractivity contribution in [2.75, 3.05) is 19.6 Å². The average Bonchev–Trinajstić information content (AvgIpc) is 2.47. The SMILES string of the molecule is NCC1CCN(S(=O)(=O)c2ccc(Cl)c([N+](=O)[O-])c2)CC1. The van der Waals surface area contributed by atoms with Gasteiger partial charge in [0.15, 0.2) is 0 Å². The minimum Gasteiger partial charge on any atom is -0.330 e. The van der Waals surface area contributed by atoms with Gasteiger partial charge in [-0.05, 0) is 37.4 Å². The van der Waals surface area contributed by atoms with E-state index in [0.717, 1.165) is 6.07 Å². The van der Waals surface area contributed by atoms with Crippen molar-refractivity contribution in [3.8, 4) is 0 Å². The summed E-state index contributed by atoms with van der Waals surface area (Å²) in [7, 11) is -3.74. The molecule has 7 nitrogen and oxygen atoms in total. The molecule has 2 rings (SSSR count). The lowest BCUT2D eigenvalue weighted by Crippen LogP contribution is -2.40. The molecule has 0 atom stereocenters. The van der Waals surface area contributed by atoms with Crippen molar-refractivity contribution in [1.82, 2.24) is 4.31 Å². The third-order valence-electron chi connectivity index (χ3n) is 3.66. The van der Waals surface area contributed by atoms with Crippen LogP contribution in [0, 0.1) is 16.0 Å². The Bertz CT molecular complexity index is 642. The zero-order chi connectivity index (χ0) is 15.6. The van der Waals surface area contributed by atoms with Crippen LogP contribution in [0.4, 0.5) is 5.69 Å². The van der Waals surface area contributed by atoms with Gasteiger partial charge in [0, 0.05) is 19.2 Å². The van der Waals surface area contributed by atoms with Crippen molar-refractivity contribution >= 4 is 27.3 Å². The molecule has 1 aromatic rings. The standard InChI is InChI=1S/C12H16ClN3O4S/c13-11-2-1-10(7-12(11)16(17)18)21(19,20)15-5-3-9(8-14)4-6-15/h1-2,7,9H,3-6,8,14H2. The predicted octanol–water partition coefficient (Wildman–Crippen LogP) is 1.61. The molecule has 1 aromatic carbocycles. The molecule has 0 saturated carbocycles. The molecule has 1 fully saturated rings. The number of nitrogens with two attached hydrogens (primary N) is 1. The summed E-state index contributed by atoms with van der Waals surface area (Å²) >= 11 is 5.70. The zero-order valence-corrected chi connectivity index (χ0v) is 12.8. The molecule has 9 heteroatoms. The first-order chi connectivity index (χ1) is 9.86. The van der Waals surface area contributed by atoms with E-state index in [0.29, 0.717) is 38.4 Å². The van der Waals surface area contributed by atoms with E-state index in [9.17, 15) is 18.5 Å². The number of hydrogen-bond acceptors (Lipinski definition) is 5. The molecule has 1 heterocycles. The summed E-state index contributed by atoms with van der Waals surface area (Å²) in [6, 6.07) is 3.53. The molecule has 0 aliphatic carbocycles. The molecule has 0 amide bonds. The third kappa shape index (κ3) is 3.34. The second-order valence-electron chi connectivity index (χ2n) is 4.95. The third-order valence-corrected chi connectivity index (χ3v) is 5.87. The van der Waals surface area contributed by atoms with E-state index in [1.165, 1.54) is 16.4 Å². The number of nitro groups is 1. The second kappa shape index (κ2) is 6.27. The highest BCUT2D eigenvalue weighted by molar-refractivity contribution is 7.89. The first-order valence-corrected chi connectivity index (χ1v) is 8.32. The van der Waals surface area contributed by atoms with E-state index in [4.69, 9.17) is 17.3 Å². The first-order valence-electron chi connectivity index (χ1n) is 6.50. The van der Waals surface area contributed by atoms with E-state index in [1.807, 2.05) is 0 Å². The Kier molecular flexibility index (Phi) is 4.82. The van der Waals surface area contributed by atoms with Gasteiger partial charge in [0.25, 0.3) is 5.69 Å². The minimum atomic E-state index is -3.74. The summed E-state index contributed by atoms with van der Waals surface area (Å²) < 4.78 is 26.3. The molecule has 0 radical (unpaired) electrons. The topological polar surface area (TPSA) is 107 Å². The molecule has 0 bridgehead atoms. The number of nitrogens with zero attached hydrogens (tertiary/aromatic N) is 2. The molecule has 1 aliphatic heterocycles. The molecule has 2 N–H and O–H groups in total. The molecule has 116 valence electrons. The number of hydrogen-bond donors (Lipinski definition) is 1. The summed E-state index contributed by atoms with van der Waals surface area (Å²) in [6.45, 7) is 1.29. The number of nitro benzene ring substituents is 1. The predicted molar refractivity (Wildman–Crippen MR) is 78.6 cm³/mol. The van der Waals surface area contributed by atoms with Gasteiger partial charge in [0.2, 0.25) is 10.0 Å². The largest absolute Gasteiger partial charge is 0.330 e. The maximum absolute atomic E-state index is 12.5. The van der Waals surface area contributed by atoms with Gasteiger partial charge in [-0.25, -0.2) is 8.42 Å². The second-order valence-corrected chi connectivity index (χ2v) is 7.30. The Morgan fingerprint density at radius 1 is 1.38 bits per heavy atom. The van der Waals surface area contributed by atoms with Crippen LogP contribution >= 0.6 is 11.6 Å². The lowest BCUT2D eigenvalue weighted by molar-refractivity contribution is -0.384. The number of halogens is 1. The first kappa shape index (κ1) is 16.2. The van der Waals surface area contributed by atoms with Crippen LogP contribution < -0.4 is 5.73 Å². The van der Waals surface area contributed by atoms with Crippen molar-refractivity contribution < 1.29 is 13.3 Å². The number of rotatable bonds is 4. The molecule has 1 saturated heterocycles. The van der Waals surface area contributed by atoms with Crippen molar-refractivity contribution in [2.24, 2.45) is 11.7 Å². The lowest BCUT2D eigenvalue weighted by atomic mass is 9.99. The van der Waals surface area contributed by atoms with Gasteiger partial charge in [-0.1, -0.05) is 11.6 Å². The summed E-state index contributed by atoms with van der Waals surface area (Å²) in [5.41, 5.74) is 5.17. The van der Waals surface area contributed by atoms with E-state index in [-0.39, 0.29) is 9.92 Å². The average molecular weight is 334 g/mol. The quantitative estimate of drug-likeness (QED) is 0.665. The van der Waals surface area contributed by atoms with Gasteiger partial charge in [-0.2, -0.15) is 4.31 Å². The highest BCUT2D eigenvalue weighted by Crippen LogP contribution is 2.30. The Balaban J connectivity index is 2.28. The van der Waals surface area contributed by atoms with Gasteiger partial charge in [0.05, 0.1) is 9.82 Å². The maximum Gasteiger partial charge on any atom is 0.289 e. The van der Waals surface area contributed by atoms with Crippen LogP contribution in [-0.2, 0) is 10.0 Å². The highest BCUT2D eigenvalue weighted by Gasteiger charge is 2.30. The van der Waals surface area contributed by atoms with E-state index < -0.39 is 20.6 Å². The fraction of sp³-hybridized carbons (Fsp3) is 0.500. The molecule has 0 unspecified atom stereocenters. The summed E-state index contributed by atoms with van der Waals surface area (Å²) in [6.07, 6.45) is 1.40. The van der Waals surface area contributed by atoms with E-state index in [1.54, 1.807) is 0 Å². The van der Waals surface area contributed by atoms with Crippen molar-refractivity contribution in [3.63, 3.8) is 0 Å². The number of sulfonamides is 1. The Hall–Kier alpha value is -1.22. The summed E-state index contributed by atoms with van der Waals surface area (Å²) in [5.74, 6) is 0.330. The summed E-state index contributed by atoms with van der Waals surface area (Å²) in [5, 5.41) is 10.8. The van der Waals surface area contributed by atoms with Gasteiger partial charge in [0.1, 0.15) is 5.02 Å². The molecular formula is C12H16ClN3O4S. The maximum atomic E-state index is 12.5. The summed E-state index contributed by atoms with van der Waals surface area (Å²) in [4.78, 5) is 10.1. The molecular weight excluding hydrogens is 318 g/mol. The van der Waals surface area contributed by atoms with Crippen LogP contribution in [0.1, 0.15) is 12.8 Å². The number of benzene rings is 1. The van der Waals surface area contributed by atoms with Crippen molar-refractivity contribution in [3.05, 3.63) is 33.3 Å². The monoisotopic (exact) mass is 333 g/mol. The van der Waals surface area contributed by atoms with Gasteiger partial charge < -0.3 is 5.73 Å². The van der Waals surface area contributed by atoms with Crippen LogP contribution in [0.25, 0.3) is 0 Å². The number of piperidine rings is 1. The smallest absolute Gasteiger partial charge is 0.289 e. The van der Waals surface area contributed by atoms with Crippen LogP contribution in [0.15, 0.2) is 23.1 Å². The van der Waals surface area contributed by atoms with E-state index in [2.05, 4.69) is 0 Å². The Morgan fingerprint density at radius 3 is 2.52 bits per heavy atom. The van der Waals surface area contributed by atoms with Gasteiger partial charge in [-0.3, -0.25) is 10.1 Å². The normalized spacial score (nSPS) is 17.8. The zero-order valence-electron chi connectivity index (χ0n) is 11.2. The molecule has 1 aliphatic rings. The lowest BCUT2D eigenvalue weighted by Gasteiger charge is -2.30. The fourth-order valence-electron chi connectivity index (χ4n) is 2.33. The molecule has 0 spiro atoms. The molecule has 21 heavy (non-hydrogen) atoms. The van der Waals surface area contributed by atoms with Crippen molar-refractivity contribution in [1.29, 1.82) is 0 Å². The van der Waals surface area contributed by atoms with Gasteiger partial charge >= 0.3 is 0 Å². The van der Waals surface area contributed by atoms with Crippen LogP contribution in [-0.4, -0.2) is 37.3 Å². The van der Waals surface area contributed by atoms with E-state index >= 15 is 0 Å². The van der Waals surface area contributed by atoms with Crippen LogP contribution in [0.5, 0.6) is 0 Å². The Morgan fingerprint density at radius 2 is 2.00 bits per heavy atom. The Labute approximate surface area is 127 Å². The minimum absolute atomic E-state index is 0.0826.